The van der Waals surface area contributed by atoms with Crippen molar-refractivity contribution in [3.8, 4) is 0 Å². The van der Waals surface area contributed by atoms with E-state index in [-0.39, 0.29) is 24.4 Å². The minimum Gasteiger partial charge on any atom is -0.336 e. The summed E-state index contributed by atoms with van der Waals surface area (Å²) in [6.07, 6.45) is 4.55. The summed E-state index contributed by atoms with van der Waals surface area (Å²) in [5, 5.41) is 2.75. The maximum atomic E-state index is 11.9. The normalized spacial score (nSPS) is 20.3. The van der Waals surface area contributed by atoms with Crippen LogP contribution in [0.3, 0.4) is 0 Å². The van der Waals surface area contributed by atoms with Crippen LogP contribution < -0.4 is 5.32 Å². The summed E-state index contributed by atoms with van der Waals surface area (Å²) in [7, 11) is 0. The van der Waals surface area contributed by atoms with Crippen LogP contribution >= 0.6 is 0 Å². The molecule has 0 bridgehead atoms. The lowest BCUT2D eigenvalue weighted by Crippen LogP contribution is -2.46. The van der Waals surface area contributed by atoms with E-state index in [4.69, 9.17) is 0 Å². The van der Waals surface area contributed by atoms with Crippen molar-refractivity contribution in [1.29, 1.82) is 0 Å². The second kappa shape index (κ2) is 5.86. The average molecular weight is 265 g/mol. The van der Waals surface area contributed by atoms with Gasteiger partial charge in [-0.2, -0.15) is 0 Å². The lowest BCUT2D eigenvalue weighted by Gasteiger charge is -2.30. The summed E-state index contributed by atoms with van der Waals surface area (Å²) in [6, 6.07) is -0.112. The van der Waals surface area contributed by atoms with E-state index in [2.05, 4.69) is 12.2 Å². The van der Waals surface area contributed by atoms with E-state index in [1.165, 1.54) is 12.2 Å². The first-order valence-corrected chi connectivity index (χ1v) is 6.64. The van der Waals surface area contributed by atoms with Crippen LogP contribution in [-0.2, 0) is 9.59 Å². The minimum absolute atomic E-state index is 0.112. The molecule has 0 atom stereocenters. The van der Waals surface area contributed by atoms with Gasteiger partial charge < -0.3 is 10.2 Å². The quantitative estimate of drug-likeness (QED) is 0.749. The third-order valence-electron chi connectivity index (χ3n) is 3.58. The predicted molar refractivity (Wildman–Crippen MR) is 69.2 cm³/mol. The SMILES string of the molecule is CC1CCN(C(=O)NCCN2C(=O)C=CC2=O)CC1. The Labute approximate surface area is 112 Å². The highest BCUT2D eigenvalue weighted by Crippen LogP contribution is 2.15. The van der Waals surface area contributed by atoms with Gasteiger partial charge in [0.15, 0.2) is 0 Å². The lowest BCUT2D eigenvalue weighted by atomic mass is 10.00. The topological polar surface area (TPSA) is 69.7 Å². The Morgan fingerprint density at radius 3 is 2.42 bits per heavy atom. The predicted octanol–water partition coefficient (Wildman–Crippen LogP) is 0.353. The highest BCUT2D eigenvalue weighted by molar-refractivity contribution is 6.12. The highest BCUT2D eigenvalue weighted by Gasteiger charge is 2.24. The van der Waals surface area contributed by atoms with Crippen molar-refractivity contribution in [3.05, 3.63) is 12.2 Å². The smallest absolute Gasteiger partial charge is 0.317 e. The first kappa shape index (κ1) is 13.6. The number of urea groups is 1. The fraction of sp³-hybridized carbons (Fsp3) is 0.615. The van der Waals surface area contributed by atoms with Gasteiger partial charge in [-0.25, -0.2) is 4.79 Å². The van der Waals surface area contributed by atoms with Gasteiger partial charge in [0.1, 0.15) is 0 Å². The zero-order valence-electron chi connectivity index (χ0n) is 11.1. The Morgan fingerprint density at radius 1 is 1.26 bits per heavy atom. The van der Waals surface area contributed by atoms with E-state index in [1.807, 2.05) is 0 Å². The monoisotopic (exact) mass is 265 g/mol. The van der Waals surface area contributed by atoms with E-state index in [9.17, 15) is 14.4 Å². The van der Waals surface area contributed by atoms with Crippen molar-refractivity contribution in [2.24, 2.45) is 5.92 Å². The molecule has 0 radical (unpaired) electrons. The molecule has 1 N–H and O–H groups in total. The van der Waals surface area contributed by atoms with Gasteiger partial charge in [-0.15, -0.1) is 0 Å². The zero-order valence-corrected chi connectivity index (χ0v) is 11.1. The molecule has 0 saturated carbocycles. The third-order valence-corrected chi connectivity index (χ3v) is 3.58. The number of nitrogens with zero attached hydrogens (tertiary/aromatic N) is 2. The number of hydrogen-bond donors (Lipinski definition) is 1. The van der Waals surface area contributed by atoms with Gasteiger partial charge in [0.05, 0.1) is 0 Å². The van der Waals surface area contributed by atoms with Gasteiger partial charge in [0, 0.05) is 38.3 Å². The van der Waals surface area contributed by atoms with E-state index in [1.54, 1.807) is 4.90 Å². The van der Waals surface area contributed by atoms with Crippen LogP contribution in [0.1, 0.15) is 19.8 Å². The van der Waals surface area contributed by atoms with Crippen LogP contribution in [0.15, 0.2) is 12.2 Å². The van der Waals surface area contributed by atoms with Crippen LogP contribution in [0, 0.1) is 5.92 Å². The summed E-state index contributed by atoms with van der Waals surface area (Å²) < 4.78 is 0. The van der Waals surface area contributed by atoms with Crippen LogP contribution in [0.5, 0.6) is 0 Å². The Bertz CT molecular complexity index is 393. The second-order valence-corrected chi connectivity index (χ2v) is 5.06. The fourth-order valence-corrected chi connectivity index (χ4v) is 2.25. The first-order valence-electron chi connectivity index (χ1n) is 6.64. The van der Waals surface area contributed by atoms with Crippen molar-refractivity contribution in [2.45, 2.75) is 19.8 Å². The van der Waals surface area contributed by atoms with Crippen LogP contribution in [0.2, 0.25) is 0 Å². The van der Waals surface area contributed by atoms with Gasteiger partial charge in [-0.3, -0.25) is 14.5 Å². The number of rotatable bonds is 3. The van der Waals surface area contributed by atoms with Crippen molar-refractivity contribution < 1.29 is 14.4 Å². The molecule has 2 aliphatic rings. The van der Waals surface area contributed by atoms with Gasteiger partial charge >= 0.3 is 6.03 Å². The maximum absolute atomic E-state index is 11.9. The lowest BCUT2D eigenvalue weighted by molar-refractivity contribution is -0.136. The molecule has 6 heteroatoms. The number of imide groups is 1. The Hall–Kier alpha value is -1.85. The second-order valence-electron chi connectivity index (χ2n) is 5.06. The Morgan fingerprint density at radius 2 is 1.84 bits per heavy atom. The van der Waals surface area contributed by atoms with Crippen molar-refractivity contribution in [3.63, 3.8) is 0 Å². The Kier molecular flexibility index (Phi) is 4.19. The minimum atomic E-state index is -0.314. The molecule has 2 aliphatic heterocycles. The molecule has 0 aromatic carbocycles. The summed E-state index contributed by atoms with van der Waals surface area (Å²) >= 11 is 0. The number of likely N-dealkylation sites (tertiary alicyclic amines) is 1. The number of carbonyl (C=O) groups is 3. The standard InChI is InChI=1S/C13H19N3O3/c1-10-4-7-15(8-5-10)13(19)14-6-9-16-11(17)2-3-12(16)18/h2-3,10H,4-9H2,1H3,(H,14,19). The molecule has 0 aromatic rings. The molecule has 0 unspecified atom stereocenters. The number of piperidine rings is 1. The van der Waals surface area contributed by atoms with Crippen molar-refractivity contribution in [1.82, 2.24) is 15.1 Å². The molecule has 4 amide bonds. The first-order chi connectivity index (χ1) is 9.08. The van der Waals surface area contributed by atoms with Crippen LogP contribution in [-0.4, -0.2) is 53.8 Å². The van der Waals surface area contributed by atoms with Gasteiger partial charge in [0.25, 0.3) is 11.8 Å². The average Bonchev–Trinajstić information content (AvgIpc) is 2.71. The number of carbonyl (C=O) groups excluding carboxylic acids is 3. The molecule has 0 spiro atoms. The molecule has 1 saturated heterocycles. The molecule has 0 aliphatic carbocycles. The summed E-state index contributed by atoms with van der Waals surface area (Å²) in [5.74, 6) is 0.0482. The van der Waals surface area contributed by atoms with Gasteiger partial charge in [0.2, 0.25) is 0 Å². The molecule has 1 fully saturated rings. The summed E-state index contributed by atoms with van der Waals surface area (Å²) in [5.41, 5.74) is 0. The molecule has 104 valence electrons. The van der Waals surface area contributed by atoms with E-state index in [0.717, 1.165) is 30.8 Å². The van der Waals surface area contributed by atoms with E-state index in [0.29, 0.717) is 12.5 Å². The van der Waals surface area contributed by atoms with Crippen molar-refractivity contribution in [2.75, 3.05) is 26.2 Å². The molecule has 0 aromatic heterocycles. The van der Waals surface area contributed by atoms with E-state index < -0.39 is 0 Å². The zero-order chi connectivity index (χ0) is 13.8. The summed E-state index contributed by atoms with van der Waals surface area (Å²) in [4.78, 5) is 37.3. The third kappa shape index (κ3) is 3.33. The fourth-order valence-electron chi connectivity index (χ4n) is 2.25. The number of amides is 4. The number of nitrogens with one attached hydrogen (secondary N) is 1. The van der Waals surface area contributed by atoms with Crippen LogP contribution in [0.4, 0.5) is 4.79 Å². The summed E-state index contributed by atoms with van der Waals surface area (Å²) in [6.45, 7) is 4.25. The highest BCUT2D eigenvalue weighted by atomic mass is 16.2. The Balaban J connectivity index is 1.69. The molecule has 2 rings (SSSR count). The molecule has 6 nitrogen and oxygen atoms in total. The van der Waals surface area contributed by atoms with Crippen LogP contribution in [0.25, 0.3) is 0 Å². The molecule has 2 heterocycles. The van der Waals surface area contributed by atoms with Gasteiger partial charge in [-0.05, 0) is 18.8 Å². The number of hydrogen-bond acceptors (Lipinski definition) is 3. The largest absolute Gasteiger partial charge is 0.336 e. The molecular weight excluding hydrogens is 246 g/mol. The van der Waals surface area contributed by atoms with Crippen molar-refractivity contribution >= 4 is 17.8 Å². The van der Waals surface area contributed by atoms with E-state index >= 15 is 0 Å². The molecule has 19 heavy (non-hydrogen) atoms. The maximum Gasteiger partial charge on any atom is 0.317 e. The molecular formula is C13H19N3O3. The van der Waals surface area contributed by atoms with Gasteiger partial charge in [-0.1, -0.05) is 6.92 Å².